The van der Waals surface area contributed by atoms with Crippen LogP contribution in [-0.4, -0.2) is 28.0 Å². The zero-order chi connectivity index (χ0) is 22.4. The first kappa shape index (κ1) is 22.7. The molecule has 0 saturated carbocycles. The van der Waals surface area contributed by atoms with Gasteiger partial charge < -0.3 is 10.1 Å². The van der Waals surface area contributed by atoms with Gasteiger partial charge in [0, 0.05) is 18.6 Å². The third-order valence-electron chi connectivity index (χ3n) is 4.63. The van der Waals surface area contributed by atoms with Gasteiger partial charge in [-0.05, 0) is 61.0 Å². The molecule has 0 aliphatic heterocycles. The lowest BCUT2D eigenvalue weighted by Crippen LogP contribution is -2.28. The van der Waals surface area contributed by atoms with Crippen molar-refractivity contribution in [3.8, 4) is 5.75 Å². The number of nitrogens with one attached hydrogen (secondary N) is 1. The minimum absolute atomic E-state index is 0.155. The molecule has 0 atom stereocenters. The largest absolute Gasteiger partial charge is 0.484 e. The molecule has 0 radical (unpaired) electrons. The van der Waals surface area contributed by atoms with E-state index in [2.05, 4.69) is 5.32 Å². The van der Waals surface area contributed by atoms with Gasteiger partial charge in [-0.3, -0.25) is 9.10 Å². The topological polar surface area (TPSA) is 75.7 Å². The van der Waals surface area contributed by atoms with E-state index in [1.807, 2.05) is 19.1 Å². The Kier molecular flexibility index (Phi) is 7.20. The molecule has 162 valence electrons. The SMILES string of the molecule is Cc1ccc(S(=O)(=O)N(C)c2ccc(OCC(=O)NCc3cccc(Cl)c3)cc2)cc1. The number of carbonyl (C=O) groups excluding carboxylic acids is 1. The van der Waals surface area contributed by atoms with Crippen molar-refractivity contribution >= 4 is 33.2 Å². The van der Waals surface area contributed by atoms with Crippen LogP contribution in [0.2, 0.25) is 5.02 Å². The van der Waals surface area contributed by atoms with E-state index in [1.165, 1.54) is 11.4 Å². The Bertz CT molecular complexity index is 1150. The Morgan fingerprint density at radius 2 is 1.71 bits per heavy atom. The number of benzene rings is 3. The second kappa shape index (κ2) is 9.85. The average molecular weight is 459 g/mol. The number of aryl methyl sites for hydroxylation is 1. The number of rotatable bonds is 8. The van der Waals surface area contributed by atoms with Crippen molar-refractivity contribution < 1.29 is 17.9 Å². The minimum atomic E-state index is -3.67. The van der Waals surface area contributed by atoms with E-state index in [1.54, 1.807) is 60.7 Å². The lowest BCUT2D eigenvalue weighted by Gasteiger charge is -2.20. The van der Waals surface area contributed by atoms with Crippen LogP contribution in [0, 0.1) is 6.92 Å². The van der Waals surface area contributed by atoms with E-state index < -0.39 is 10.0 Å². The van der Waals surface area contributed by atoms with E-state index in [9.17, 15) is 13.2 Å². The fourth-order valence-corrected chi connectivity index (χ4v) is 4.22. The van der Waals surface area contributed by atoms with Crippen LogP contribution in [0.4, 0.5) is 5.69 Å². The quantitative estimate of drug-likeness (QED) is 0.549. The number of ether oxygens (including phenoxy) is 1. The number of nitrogens with zero attached hydrogens (tertiary/aromatic N) is 1. The van der Waals surface area contributed by atoms with Gasteiger partial charge >= 0.3 is 0 Å². The van der Waals surface area contributed by atoms with Crippen LogP contribution >= 0.6 is 11.6 Å². The maximum Gasteiger partial charge on any atom is 0.264 e. The number of anilines is 1. The standard InChI is InChI=1S/C23H23ClN2O4S/c1-17-6-12-22(13-7-17)31(28,29)26(2)20-8-10-21(11-9-20)30-16-23(27)25-15-18-4-3-5-19(24)14-18/h3-14H,15-16H2,1-2H3,(H,25,27). The van der Waals surface area contributed by atoms with Crippen molar-refractivity contribution in [1.82, 2.24) is 5.32 Å². The van der Waals surface area contributed by atoms with Crippen molar-refractivity contribution in [1.29, 1.82) is 0 Å². The summed E-state index contributed by atoms with van der Waals surface area (Å²) in [5.74, 6) is 0.186. The van der Waals surface area contributed by atoms with E-state index in [-0.39, 0.29) is 17.4 Å². The molecule has 0 spiro atoms. The summed E-state index contributed by atoms with van der Waals surface area (Å²) in [7, 11) is -2.17. The normalized spacial score (nSPS) is 11.1. The highest BCUT2D eigenvalue weighted by Gasteiger charge is 2.21. The first-order valence-corrected chi connectivity index (χ1v) is 11.4. The molecule has 3 aromatic carbocycles. The van der Waals surface area contributed by atoms with Gasteiger partial charge in [-0.2, -0.15) is 0 Å². The molecule has 0 aliphatic carbocycles. The van der Waals surface area contributed by atoms with Crippen molar-refractivity contribution in [2.45, 2.75) is 18.4 Å². The van der Waals surface area contributed by atoms with Crippen molar-refractivity contribution in [2.75, 3.05) is 18.0 Å². The minimum Gasteiger partial charge on any atom is -0.484 e. The number of hydrogen-bond acceptors (Lipinski definition) is 4. The molecule has 0 aromatic heterocycles. The molecule has 0 unspecified atom stereocenters. The van der Waals surface area contributed by atoms with Crippen molar-refractivity contribution in [3.05, 3.63) is 88.9 Å². The molecule has 31 heavy (non-hydrogen) atoms. The molecule has 8 heteroatoms. The Morgan fingerprint density at radius 3 is 2.35 bits per heavy atom. The van der Waals surface area contributed by atoms with E-state index in [0.29, 0.717) is 23.0 Å². The molecule has 0 fully saturated rings. The highest BCUT2D eigenvalue weighted by Crippen LogP contribution is 2.24. The average Bonchev–Trinajstić information content (AvgIpc) is 2.76. The summed E-state index contributed by atoms with van der Waals surface area (Å²) in [5, 5.41) is 3.37. The van der Waals surface area contributed by atoms with E-state index >= 15 is 0 Å². The molecule has 6 nitrogen and oxygen atoms in total. The third-order valence-corrected chi connectivity index (χ3v) is 6.66. The Morgan fingerprint density at radius 1 is 1.03 bits per heavy atom. The van der Waals surface area contributed by atoms with Gasteiger partial charge in [0.15, 0.2) is 6.61 Å². The first-order valence-electron chi connectivity index (χ1n) is 9.55. The zero-order valence-corrected chi connectivity index (χ0v) is 18.8. The zero-order valence-electron chi connectivity index (χ0n) is 17.2. The maximum absolute atomic E-state index is 12.8. The lowest BCUT2D eigenvalue weighted by atomic mass is 10.2. The van der Waals surface area contributed by atoms with Crippen molar-refractivity contribution in [2.24, 2.45) is 0 Å². The van der Waals surface area contributed by atoms with Gasteiger partial charge in [-0.15, -0.1) is 0 Å². The van der Waals surface area contributed by atoms with Crippen molar-refractivity contribution in [3.63, 3.8) is 0 Å². The third kappa shape index (κ3) is 5.99. The first-order chi connectivity index (χ1) is 14.8. The predicted octanol–water partition coefficient (Wildman–Crippen LogP) is 4.17. The summed E-state index contributed by atoms with van der Waals surface area (Å²) in [6.45, 7) is 2.09. The molecule has 1 N–H and O–H groups in total. The van der Waals surface area contributed by atoms with Crippen LogP contribution in [0.1, 0.15) is 11.1 Å². The maximum atomic E-state index is 12.8. The Hall–Kier alpha value is -3.03. The summed E-state index contributed by atoms with van der Waals surface area (Å²) in [6.07, 6.45) is 0. The summed E-state index contributed by atoms with van der Waals surface area (Å²) >= 11 is 5.93. The molecule has 0 saturated heterocycles. The van der Waals surface area contributed by atoms with Crippen LogP contribution in [0.3, 0.4) is 0 Å². The summed E-state index contributed by atoms with van der Waals surface area (Å²) in [5.41, 5.74) is 2.36. The molecular formula is C23H23ClN2O4S. The second-order valence-corrected chi connectivity index (χ2v) is 9.38. The molecule has 0 bridgehead atoms. The summed E-state index contributed by atoms with van der Waals surface area (Å²) in [4.78, 5) is 12.2. The van der Waals surface area contributed by atoms with Crippen LogP contribution in [0.15, 0.2) is 77.7 Å². The number of hydrogen-bond donors (Lipinski definition) is 1. The molecule has 3 rings (SSSR count). The number of amides is 1. The molecule has 0 aliphatic rings. The fourth-order valence-electron chi connectivity index (χ4n) is 2.81. The lowest BCUT2D eigenvalue weighted by molar-refractivity contribution is -0.123. The van der Waals surface area contributed by atoms with Gasteiger partial charge in [0.25, 0.3) is 15.9 Å². The van der Waals surface area contributed by atoms with E-state index in [4.69, 9.17) is 16.3 Å². The van der Waals surface area contributed by atoms with Crippen LogP contribution in [-0.2, 0) is 21.4 Å². The van der Waals surface area contributed by atoms with Gasteiger partial charge in [0.05, 0.1) is 10.6 Å². The summed E-state index contributed by atoms with van der Waals surface area (Å²) < 4.78 is 32.3. The fraction of sp³-hybridized carbons (Fsp3) is 0.174. The monoisotopic (exact) mass is 458 g/mol. The number of carbonyl (C=O) groups is 1. The van der Waals surface area contributed by atoms with Gasteiger partial charge in [-0.1, -0.05) is 41.4 Å². The Labute approximate surface area is 187 Å². The molecular weight excluding hydrogens is 436 g/mol. The Balaban J connectivity index is 1.55. The van der Waals surface area contributed by atoms with Gasteiger partial charge in [0.1, 0.15) is 5.75 Å². The van der Waals surface area contributed by atoms with Crippen LogP contribution < -0.4 is 14.4 Å². The van der Waals surface area contributed by atoms with E-state index in [0.717, 1.165) is 11.1 Å². The second-order valence-electron chi connectivity index (χ2n) is 6.97. The predicted molar refractivity (Wildman–Crippen MR) is 122 cm³/mol. The smallest absolute Gasteiger partial charge is 0.264 e. The highest BCUT2D eigenvalue weighted by molar-refractivity contribution is 7.92. The number of sulfonamides is 1. The van der Waals surface area contributed by atoms with Gasteiger partial charge in [0.2, 0.25) is 0 Å². The molecule has 3 aromatic rings. The number of halogens is 1. The molecule has 1 amide bonds. The van der Waals surface area contributed by atoms with Crippen LogP contribution in [0.25, 0.3) is 0 Å². The summed E-state index contributed by atoms with van der Waals surface area (Å²) in [6, 6.07) is 20.4. The molecule has 0 heterocycles. The van der Waals surface area contributed by atoms with Crippen LogP contribution in [0.5, 0.6) is 5.75 Å². The highest BCUT2D eigenvalue weighted by atomic mass is 35.5. The van der Waals surface area contributed by atoms with Gasteiger partial charge in [-0.25, -0.2) is 8.42 Å².